The zero-order chi connectivity index (χ0) is 23.0. The van der Waals surface area contributed by atoms with E-state index in [0.717, 1.165) is 11.1 Å². The summed E-state index contributed by atoms with van der Waals surface area (Å²) in [6, 6.07) is 11.7. The zero-order valence-corrected chi connectivity index (χ0v) is 18.3. The summed E-state index contributed by atoms with van der Waals surface area (Å²) in [6.45, 7) is 8.11. The minimum absolute atomic E-state index is 0.0885. The number of nitrogens with zero attached hydrogens (tertiary/aromatic N) is 3. The van der Waals surface area contributed by atoms with Crippen LogP contribution in [0.25, 0.3) is 0 Å². The summed E-state index contributed by atoms with van der Waals surface area (Å²) >= 11 is 0. The Bertz CT molecular complexity index is 1190. The van der Waals surface area contributed by atoms with Gasteiger partial charge in [-0.05, 0) is 47.2 Å². The number of amides is 2. The number of benzene rings is 2. The molecule has 0 atom stereocenters. The second-order valence-electron chi connectivity index (χ2n) is 8.22. The molecular weight excluding hydrogens is 406 g/mol. The normalized spacial score (nSPS) is 13.1. The van der Waals surface area contributed by atoms with Gasteiger partial charge in [0.25, 0.3) is 11.8 Å². The summed E-state index contributed by atoms with van der Waals surface area (Å²) in [7, 11) is 0. The number of rotatable bonds is 5. The molecule has 0 N–H and O–H groups in total. The molecule has 2 amide bonds. The molecule has 0 saturated carbocycles. The van der Waals surface area contributed by atoms with Crippen LogP contribution in [0.1, 0.15) is 81.7 Å². The van der Waals surface area contributed by atoms with Gasteiger partial charge in [0.2, 0.25) is 0 Å². The Morgan fingerprint density at radius 1 is 0.844 bits per heavy atom. The van der Waals surface area contributed by atoms with E-state index < -0.39 is 17.8 Å². The molecule has 4 rings (SSSR count). The molecule has 7 nitrogen and oxygen atoms in total. The van der Waals surface area contributed by atoms with Gasteiger partial charge in [-0.3, -0.25) is 9.59 Å². The maximum atomic E-state index is 13.4. The van der Waals surface area contributed by atoms with Crippen molar-refractivity contribution in [2.24, 2.45) is 0 Å². The zero-order valence-electron chi connectivity index (χ0n) is 18.3. The lowest BCUT2D eigenvalue weighted by molar-refractivity contribution is 0.0718. The molecule has 32 heavy (non-hydrogen) atoms. The molecule has 0 unspecified atom stereocenters. The topological polar surface area (TPSA) is 89.5 Å². The first-order chi connectivity index (χ1) is 15.3. The summed E-state index contributed by atoms with van der Waals surface area (Å²) in [4.78, 5) is 48.2. The van der Waals surface area contributed by atoms with E-state index in [4.69, 9.17) is 4.74 Å². The summed E-state index contributed by atoms with van der Waals surface area (Å²) in [5.41, 5.74) is 3.05. The first-order valence-corrected chi connectivity index (χ1v) is 10.4. The van der Waals surface area contributed by atoms with Crippen molar-refractivity contribution >= 4 is 23.5 Å². The van der Waals surface area contributed by atoms with Crippen molar-refractivity contribution < 1.29 is 19.1 Å². The number of carbonyl (C=O) groups excluding carboxylic acids is 3. The van der Waals surface area contributed by atoms with Crippen LogP contribution in [0.2, 0.25) is 0 Å². The number of ether oxygens (including phenoxy) is 1. The highest BCUT2D eigenvalue weighted by atomic mass is 16.5. The van der Waals surface area contributed by atoms with Gasteiger partial charge in [0.1, 0.15) is 0 Å². The fraction of sp³-hybridized carbons (Fsp3) is 0.240. The van der Waals surface area contributed by atoms with E-state index in [1.807, 2.05) is 45.9 Å². The predicted molar refractivity (Wildman–Crippen MR) is 119 cm³/mol. The Morgan fingerprint density at radius 3 is 2.03 bits per heavy atom. The van der Waals surface area contributed by atoms with Crippen molar-refractivity contribution in [1.82, 2.24) is 9.97 Å². The lowest BCUT2D eigenvalue weighted by Gasteiger charge is -2.25. The van der Waals surface area contributed by atoms with Crippen LogP contribution in [-0.4, -0.2) is 27.8 Å². The third kappa shape index (κ3) is 3.66. The van der Waals surface area contributed by atoms with E-state index in [1.54, 1.807) is 6.07 Å². The molecular formula is C25H23N3O4. The Hall–Kier alpha value is -3.87. The average molecular weight is 429 g/mol. The van der Waals surface area contributed by atoms with Gasteiger partial charge in [-0.15, -0.1) is 0 Å². The maximum absolute atomic E-state index is 13.4. The minimum atomic E-state index is -0.705. The summed E-state index contributed by atoms with van der Waals surface area (Å²) in [5.74, 6) is -1.33. The van der Waals surface area contributed by atoms with E-state index >= 15 is 0 Å². The first-order valence-electron chi connectivity index (χ1n) is 10.4. The molecule has 0 aliphatic carbocycles. The standard InChI is InChI=1S/C25H23N3O4/c1-14(2)17-7-5-8-18(15(3)4)21(17)28-22(29)19-10-9-16(13-20(19)23(28)30)24(31)32-25-26-11-6-12-27-25/h5-15H,1-4H3. The largest absolute Gasteiger partial charge is 0.387 e. The van der Waals surface area contributed by atoms with Crippen LogP contribution in [0.15, 0.2) is 54.9 Å². The van der Waals surface area contributed by atoms with E-state index in [9.17, 15) is 14.4 Å². The number of anilines is 1. The van der Waals surface area contributed by atoms with Crippen molar-refractivity contribution in [2.75, 3.05) is 4.90 Å². The monoisotopic (exact) mass is 429 g/mol. The molecule has 0 spiro atoms. The number of hydrogen-bond donors (Lipinski definition) is 0. The third-order valence-electron chi connectivity index (χ3n) is 5.41. The van der Waals surface area contributed by atoms with E-state index in [0.29, 0.717) is 5.69 Å². The van der Waals surface area contributed by atoms with Crippen LogP contribution >= 0.6 is 0 Å². The van der Waals surface area contributed by atoms with Crippen molar-refractivity contribution in [1.29, 1.82) is 0 Å². The van der Waals surface area contributed by atoms with Crippen LogP contribution in [0.4, 0.5) is 5.69 Å². The Labute approximate surface area is 186 Å². The smallest absolute Gasteiger partial charge is 0.345 e. The van der Waals surface area contributed by atoms with Crippen molar-refractivity contribution in [3.05, 3.63) is 82.7 Å². The average Bonchev–Trinajstić information content (AvgIpc) is 3.03. The van der Waals surface area contributed by atoms with Crippen LogP contribution in [0.5, 0.6) is 6.01 Å². The lowest BCUT2D eigenvalue weighted by atomic mass is 9.92. The summed E-state index contributed by atoms with van der Waals surface area (Å²) < 4.78 is 5.16. The van der Waals surface area contributed by atoms with E-state index in [-0.39, 0.29) is 34.5 Å². The number of esters is 1. The molecule has 0 saturated heterocycles. The van der Waals surface area contributed by atoms with Gasteiger partial charge >= 0.3 is 12.0 Å². The van der Waals surface area contributed by atoms with Gasteiger partial charge in [-0.1, -0.05) is 45.9 Å². The highest BCUT2D eigenvalue weighted by molar-refractivity contribution is 6.35. The van der Waals surface area contributed by atoms with E-state index in [2.05, 4.69) is 9.97 Å². The quantitative estimate of drug-likeness (QED) is 0.430. The number of aromatic nitrogens is 2. The third-order valence-corrected chi connectivity index (χ3v) is 5.41. The number of imide groups is 1. The van der Waals surface area contributed by atoms with Crippen molar-refractivity contribution in [3.8, 4) is 6.01 Å². The Kier molecular flexibility index (Phi) is 5.57. The maximum Gasteiger partial charge on any atom is 0.345 e. The van der Waals surface area contributed by atoms with Crippen molar-refractivity contribution in [3.63, 3.8) is 0 Å². The Morgan fingerprint density at radius 2 is 1.44 bits per heavy atom. The molecule has 1 aromatic heterocycles. The first kappa shape index (κ1) is 21.4. The number of hydrogen-bond acceptors (Lipinski definition) is 6. The predicted octanol–water partition coefficient (Wildman–Crippen LogP) is 4.74. The lowest BCUT2D eigenvalue weighted by Crippen LogP contribution is -2.31. The van der Waals surface area contributed by atoms with Gasteiger partial charge in [0.15, 0.2) is 0 Å². The molecule has 1 aliphatic heterocycles. The number of carbonyl (C=O) groups is 3. The molecule has 1 aliphatic rings. The molecule has 2 aromatic carbocycles. The van der Waals surface area contributed by atoms with E-state index in [1.165, 1.54) is 35.5 Å². The van der Waals surface area contributed by atoms with Gasteiger partial charge in [0.05, 0.1) is 22.4 Å². The summed E-state index contributed by atoms with van der Waals surface area (Å²) in [5, 5.41) is 0. The SMILES string of the molecule is CC(C)c1cccc(C(C)C)c1N1C(=O)c2ccc(C(=O)Oc3ncccn3)cc2C1=O. The minimum Gasteiger partial charge on any atom is -0.387 e. The molecule has 2 heterocycles. The fourth-order valence-electron chi connectivity index (χ4n) is 3.82. The van der Waals surface area contributed by atoms with Gasteiger partial charge < -0.3 is 4.74 Å². The van der Waals surface area contributed by atoms with Gasteiger partial charge in [-0.25, -0.2) is 19.7 Å². The highest BCUT2D eigenvalue weighted by Gasteiger charge is 2.39. The second kappa shape index (κ2) is 8.34. The van der Waals surface area contributed by atoms with Crippen molar-refractivity contribution in [2.45, 2.75) is 39.5 Å². The van der Waals surface area contributed by atoms with Crippen LogP contribution in [0, 0.1) is 0 Å². The van der Waals surface area contributed by atoms with Crippen LogP contribution in [0.3, 0.4) is 0 Å². The molecule has 3 aromatic rings. The van der Waals surface area contributed by atoms with Crippen LogP contribution < -0.4 is 9.64 Å². The molecule has 0 radical (unpaired) electrons. The van der Waals surface area contributed by atoms with Gasteiger partial charge in [-0.2, -0.15) is 0 Å². The second-order valence-corrected chi connectivity index (χ2v) is 8.22. The number of fused-ring (bicyclic) bond motifs is 1. The number of para-hydroxylation sites is 1. The summed E-state index contributed by atoms with van der Waals surface area (Å²) in [6.07, 6.45) is 2.91. The molecule has 0 bridgehead atoms. The van der Waals surface area contributed by atoms with Crippen LogP contribution in [-0.2, 0) is 0 Å². The molecule has 162 valence electrons. The molecule has 0 fully saturated rings. The Balaban J connectivity index is 1.74. The van der Waals surface area contributed by atoms with Gasteiger partial charge in [0, 0.05) is 12.4 Å². The fourth-order valence-corrected chi connectivity index (χ4v) is 3.82. The molecule has 7 heteroatoms. The highest BCUT2D eigenvalue weighted by Crippen LogP contribution is 2.39.